The summed E-state index contributed by atoms with van der Waals surface area (Å²) in [7, 11) is 0. The Morgan fingerprint density at radius 1 is 0.307 bits per heavy atom. The summed E-state index contributed by atoms with van der Waals surface area (Å²) in [5.41, 5.74) is 0. The second-order valence-electron chi connectivity index (χ2n) is 28.1. The van der Waals surface area contributed by atoms with Gasteiger partial charge in [0.2, 0.25) is 5.91 Å². The molecule has 1 amide bonds. The van der Waals surface area contributed by atoms with Crippen molar-refractivity contribution in [2.45, 2.75) is 475 Å². The van der Waals surface area contributed by atoms with Crippen molar-refractivity contribution >= 4 is 11.9 Å². The van der Waals surface area contributed by atoms with E-state index in [-0.39, 0.29) is 18.5 Å². The van der Waals surface area contributed by atoms with Crippen LogP contribution in [0.25, 0.3) is 0 Å². The number of aliphatic hydroxyl groups is 2. The van der Waals surface area contributed by atoms with Crippen LogP contribution in [0, 0.1) is 0 Å². The molecule has 0 aromatic rings. The topological polar surface area (TPSA) is 95.9 Å². The van der Waals surface area contributed by atoms with Crippen molar-refractivity contribution in [3.8, 4) is 0 Å². The number of amides is 1. The molecule has 88 heavy (non-hydrogen) atoms. The normalized spacial score (nSPS) is 12.5. The van der Waals surface area contributed by atoms with Crippen LogP contribution in [-0.2, 0) is 14.3 Å². The Morgan fingerprint density at radius 3 is 0.807 bits per heavy atom. The van der Waals surface area contributed by atoms with E-state index >= 15 is 0 Å². The minimum atomic E-state index is -0.844. The van der Waals surface area contributed by atoms with Crippen LogP contribution in [0.1, 0.15) is 463 Å². The molecule has 0 aliphatic heterocycles. The number of hydrogen-bond acceptors (Lipinski definition) is 5. The lowest BCUT2D eigenvalue weighted by Gasteiger charge is -2.20. The number of carbonyl (C=O) groups excluding carboxylic acids is 2. The third-order valence-electron chi connectivity index (χ3n) is 19.2. The van der Waals surface area contributed by atoms with E-state index < -0.39 is 12.1 Å². The van der Waals surface area contributed by atoms with Crippen LogP contribution in [0.4, 0.5) is 0 Å². The summed E-state index contributed by atoms with van der Waals surface area (Å²) in [6.45, 7) is 4.97. The van der Waals surface area contributed by atoms with Crippen molar-refractivity contribution in [3.63, 3.8) is 0 Å². The standard InChI is InChI=1S/C82H159NO5/c1-3-5-7-9-11-13-15-17-19-21-22-23-36-39-43-46-50-54-58-62-66-70-74-80(85)79(78-84)83-81(86)75-71-67-63-59-55-51-47-44-40-37-34-32-30-28-26-24-25-27-29-31-33-35-38-41-45-49-53-57-61-65-69-73-77-88-82(87)76-72-68-64-60-56-52-48-42-20-18-16-14-12-10-8-6-4-2/h27,29,70,74,79-80,84-85H,3-26,28,30-69,71-73,75-78H2,1-2H3,(H,83,86)/b29-27-,74-70+. The van der Waals surface area contributed by atoms with Crippen LogP contribution in [0.3, 0.4) is 0 Å². The lowest BCUT2D eigenvalue weighted by atomic mass is 10.0. The van der Waals surface area contributed by atoms with Crippen molar-refractivity contribution < 1.29 is 24.5 Å². The summed E-state index contributed by atoms with van der Waals surface area (Å²) >= 11 is 0. The summed E-state index contributed by atoms with van der Waals surface area (Å²) in [6, 6.07) is -0.627. The Balaban J connectivity index is 3.36. The van der Waals surface area contributed by atoms with Gasteiger partial charge in [0.05, 0.1) is 25.4 Å². The Kier molecular flexibility index (Phi) is 76.3. The zero-order valence-corrected chi connectivity index (χ0v) is 60.0. The number of unbranched alkanes of at least 4 members (excludes halogenated alkanes) is 64. The van der Waals surface area contributed by atoms with Crippen molar-refractivity contribution in [2.24, 2.45) is 0 Å². The van der Waals surface area contributed by atoms with Gasteiger partial charge in [-0.15, -0.1) is 0 Å². The molecule has 0 saturated heterocycles. The van der Waals surface area contributed by atoms with Crippen molar-refractivity contribution in [1.29, 1.82) is 0 Å². The smallest absolute Gasteiger partial charge is 0.305 e. The van der Waals surface area contributed by atoms with Crippen LogP contribution >= 0.6 is 0 Å². The molecule has 522 valence electrons. The molecule has 0 aliphatic carbocycles. The van der Waals surface area contributed by atoms with Gasteiger partial charge in [0.25, 0.3) is 0 Å². The van der Waals surface area contributed by atoms with Gasteiger partial charge >= 0.3 is 5.97 Å². The second kappa shape index (κ2) is 77.8. The number of nitrogens with one attached hydrogen (secondary N) is 1. The van der Waals surface area contributed by atoms with Crippen molar-refractivity contribution in [3.05, 3.63) is 24.3 Å². The molecule has 2 unspecified atom stereocenters. The van der Waals surface area contributed by atoms with Crippen LogP contribution < -0.4 is 5.32 Å². The minimum Gasteiger partial charge on any atom is -0.466 e. The van der Waals surface area contributed by atoms with Gasteiger partial charge in [0, 0.05) is 12.8 Å². The van der Waals surface area contributed by atoms with E-state index in [1.807, 2.05) is 6.08 Å². The highest BCUT2D eigenvalue weighted by Gasteiger charge is 2.18. The highest BCUT2D eigenvalue weighted by Crippen LogP contribution is 2.20. The summed E-state index contributed by atoms with van der Waals surface area (Å²) in [5.74, 6) is -0.0372. The van der Waals surface area contributed by atoms with E-state index in [1.165, 1.54) is 398 Å². The zero-order valence-electron chi connectivity index (χ0n) is 60.0. The van der Waals surface area contributed by atoms with Gasteiger partial charge in [-0.2, -0.15) is 0 Å². The molecule has 3 N–H and O–H groups in total. The van der Waals surface area contributed by atoms with Gasteiger partial charge in [-0.1, -0.05) is 417 Å². The molecule has 0 heterocycles. The first-order valence-electron chi connectivity index (χ1n) is 40.6. The Morgan fingerprint density at radius 2 is 0.534 bits per heavy atom. The average Bonchev–Trinajstić information content (AvgIpc) is 3.58. The third kappa shape index (κ3) is 73.4. The van der Waals surface area contributed by atoms with Gasteiger partial charge in [-0.3, -0.25) is 9.59 Å². The summed E-state index contributed by atoms with van der Waals surface area (Å²) in [4.78, 5) is 24.7. The monoisotopic (exact) mass is 1240 g/mol. The van der Waals surface area contributed by atoms with E-state index in [4.69, 9.17) is 4.74 Å². The van der Waals surface area contributed by atoms with E-state index in [0.29, 0.717) is 19.4 Å². The maximum Gasteiger partial charge on any atom is 0.305 e. The maximum atomic E-state index is 12.5. The molecule has 0 fully saturated rings. The first kappa shape index (κ1) is 86.3. The molecule has 0 aromatic heterocycles. The Labute approximate surface area is 551 Å². The quantitative estimate of drug-likeness (QED) is 0.0320. The van der Waals surface area contributed by atoms with E-state index in [9.17, 15) is 19.8 Å². The van der Waals surface area contributed by atoms with E-state index in [1.54, 1.807) is 6.08 Å². The van der Waals surface area contributed by atoms with E-state index in [0.717, 1.165) is 38.5 Å². The van der Waals surface area contributed by atoms with Crippen molar-refractivity contribution in [2.75, 3.05) is 13.2 Å². The summed E-state index contributed by atoms with van der Waals surface area (Å²) in [5, 5.41) is 23.3. The zero-order chi connectivity index (χ0) is 63.5. The fraction of sp³-hybridized carbons (Fsp3) is 0.927. The largest absolute Gasteiger partial charge is 0.466 e. The van der Waals surface area contributed by atoms with Crippen LogP contribution in [0.15, 0.2) is 24.3 Å². The first-order chi connectivity index (χ1) is 43.5. The van der Waals surface area contributed by atoms with E-state index in [2.05, 4.69) is 31.3 Å². The molecular weight excluding hydrogens is 1080 g/mol. The number of ether oxygens (including phenoxy) is 1. The average molecular weight is 1240 g/mol. The molecular formula is C82H159NO5. The Bertz CT molecular complexity index is 1380. The molecule has 0 rings (SSSR count). The molecule has 0 saturated carbocycles. The minimum absolute atomic E-state index is 0.0230. The molecule has 0 bridgehead atoms. The number of aliphatic hydroxyl groups excluding tert-OH is 2. The van der Waals surface area contributed by atoms with Crippen LogP contribution in [0.2, 0.25) is 0 Å². The van der Waals surface area contributed by atoms with Gasteiger partial charge in [0.15, 0.2) is 0 Å². The lowest BCUT2D eigenvalue weighted by molar-refractivity contribution is -0.143. The molecule has 2 atom stereocenters. The number of carbonyl (C=O) groups is 2. The van der Waals surface area contributed by atoms with Gasteiger partial charge in [0.1, 0.15) is 0 Å². The fourth-order valence-corrected chi connectivity index (χ4v) is 13.0. The lowest BCUT2D eigenvalue weighted by Crippen LogP contribution is -2.45. The molecule has 0 aromatic carbocycles. The molecule has 0 radical (unpaired) electrons. The molecule has 0 aliphatic rings. The molecule has 6 heteroatoms. The Hall–Kier alpha value is -1.66. The highest BCUT2D eigenvalue weighted by molar-refractivity contribution is 5.76. The number of allylic oxidation sites excluding steroid dienone is 3. The maximum absolute atomic E-state index is 12.5. The predicted octanol–water partition coefficient (Wildman–Crippen LogP) is 26.8. The second-order valence-corrected chi connectivity index (χ2v) is 28.1. The highest BCUT2D eigenvalue weighted by atomic mass is 16.5. The van der Waals surface area contributed by atoms with Gasteiger partial charge in [-0.05, 0) is 57.8 Å². The van der Waals surface area contributed by atoms with Gasteiger partial charge < -0.3 is 20.3 Å². The van der Waals surface area contributed by atoms with Gasteiger partial charge in [-0.25, -0.2) is 0 Å². The fourth-order valence-electron chi connectivity index (χ4n) is 13.0. The van der Waals surface area contributed by atoms with Crippen LogP contribution in [-0.4, -0.2) is 47.4 Å². The van der Waals surface area contributed by atoms with Crippen LogP contribution in [0.5, 0.6) is 0 Å². The molecule has 0 spiro atoms. The number of hydrogen-bond donors (Lipinski definition) is 3. The SMILES string of the molecule is CCCCCCCCCCCCCCCCCCCCCC/C=C/C(O)C(CO)NC(=O)CCCCCCCCCCCCCCCCCC/C=C\CCCCCCCCCCCCCCOC(=O)CCCCCCCCCCCCCCCCCCC. The summed E-state index contributed by atoms with van der Waals surface area (Å²) < 4.78 is 5.51. The summed E-state index contributed by atoms with van der Waals surface area (Å²) in [6.07, 6.45) is 100. The third-order valence-corrected chi connectivity index (χ3v) is 19.2. The number of rotatable bonds is 77. The number of esters is 1. The van der Waals surface area contributed by atoms with Crippen molar-refractivity contribution in [1.82, 2.24) is 5.32 Å². The first-order valence-corrected chi connectivity index (χ1v) is 40.6. The predicted molar refractivity (Wildman–Crippen MR) is 389 cm³/mol. The molecule has 6 nitrogen and oxygen atoms in total.